The van der Waals surface area contributed by atoms with Gasteiger partial charge in [0.1, 0.15) is 18.1 Å². The van der Waals surface area contributed by atoms with E-state index in [0.29, 0.717) is 33.6 Å². The van der Waals surface area contributed by atoms with E-state index in [0.717, 1.165) is 0 Å². The van der Waals surface area contributed by atoms with Crippen molar-refractivity contribution in [1.29, 1.82) is 0 Å². The molecule has 2 heterocycles. The van der Waals surface area contributed by atoms with Crippen LogP contribution in [-0.2, 0) is 13.7 Å². The average Bonchev–Trinajstić information content (AvgIpc) is 3.42. The van der Waals surface area contributed by atoms with Crippen molar-refractivity contribution in [3.8, 4) is 5.75 Å². The van der Waals surface area contributed by atoms with Gasteiger partial charge in [-0.2, -0.15) is 5.10 Å². The Kier molecular flexibility index (Phi) is 6.23. The first-order valence-corrected chi connectivity index (χ1v) is 10.0. The zero-order valence-corrected chi connectivity index (χ0v) is 17.8. The van der Waals surface area contributed by atoms with Crippen LogP contribution in [0, 0.1) is 0 Å². The average molecular weight is 451 g/mol. The minimum atomic E-state index is -0.424. The molecule has 2 aromatic heterocycles. The molecule has 2 N–H and O–H groups in total. The number of hydrogen-bond acceptors (Lipinski definition) is 5. The predicted molar refractivity (Wildman–Crippen MR) is 120 cm³/mol. The second-order valence-electron chi connectivity index (χ2n) is 6.88. The van der Waals surface area contributed by atoms with Crippen LogP contribution in [0.3, 0.4) is 0 Å². The maximum absolute atomic E-state index is 12.5. The Bertz CT molecular complexity index is 1260. The van der Waals surface area contributed by atoms with E-state index < -0.39 is 5.91 Å². The molecule has 162 valence electrons. The molecule has 0 radical (unpaired) electrons. The number of carbonyl (C=O) groups excluding carboxylic acids is 2. The molecule has 0 aliphatic carbocycles. The first-order valence-electron chi connectivity index (χ1n) is 9.66. The third kappa shape index (κ3) is 5.35. The molecule has 0 spiro atoms. The Morgan fingerprint density at radius 3 is 2.47 bits per heavy atom. The van der Waals surface area contributed by atoms with Crippen LogP contribution in [0.4, 0.5) is 11.4 Å². The topological polar surface area (TPSA) is 98.4 Å². The molecule has 32 heavy (non-hydrogen) atoms. The summed E-state index contributed by atoms with van der Waals surface area (Å²) in [7, 11) is 1.73. The lowest BCUT2D eigenvalue weighted by atomic mass is 10.2. The maximum Gasteiger partial charge on any atom is 0.291 e. The number of hydrogen-bond donors (Lipinski definition) is 2. The number of amides is 2. The predicted octanol–water partition coefficient (Wildman–Crippen LogP) is 4.75. The van der Waals surface area contributed by atoms with Crippen LogP contribution in [0.2, 0.25) is 5.02 Å². The number of furan rings is 1. The van der Waals surface area contributed by atoms with Crippen molar-refractivity contribution in [3.05, 3.63) is 95.2 Å². The molecule has 4 rings (SSSR count). The number of aryl methyl sites for hydroxylation is 1. The molecular formula is C23H19ClN4O4. The van der Waals surface area contributed by atoms with E-state index in [1.165, 1.54) is 0 Å². The van der Waals surface area contributed by atoms with Crippen LogP contribution >= 0.6 is 11.6 Å². The van der Waals surface area contributed by atoms with Crippen molar-refractivity contribution < 1.29 is 18.7 Å². The van der Waals surface area contributed by atoms with Crippen molar-refractivity contribution in [3.63, 3.8) is 0 Å². The lowest BCUT2D eigenvalue weighted by Gasteiger charge is -2.07. The lowest BCUT2D eigenvalue weighted by molar-refractivity contribution is 0.0991. The summed E-state index contributed by atoms with van der Waals surface area (Å²) in [5, 5.41) is 10.1. The molecular weight excluding hydrogens is 432 g/mol. The van der Waals surface area contributed by atoms with Crippen molar-refractivity contribution in [2.75, 3.05) is 10.6 Å². The molecule has 8 nitrogen and oxygen atoms in total. The van der Waals surface area contributed by atoms with E-state index in [2.05, 4.69) is 15.7 Å². The van der Waals surface area contributed by atoms with Crippen LogP contribution in [0.15, 0.2) is 77.3 Å². The van der Waals surface area contributed by atoms with Gasteiger partial charge in [0.15, 0.2) is 11.5 Å². The molecule has 4 aromatic rings. The molecule has 0 atom stereocenters. The summed E-state index contributed by atoms with van der Waals surface area (Å²) >= 11 is 5.94. The quantitative estimate of drug-likeness (QED) is 0.423. The molecule has 0 unspecified atom stereocenters. The highest BCUT2D eigenvalue weighted by atomic mass is 35.5. The van der Waals surface area contributed by atoms with Gasteiger partial charge < -0.3 is 19.8 Å². The second kappa shape index (κ2) is 9.40. The Morgan fingerprint density at radius 2 is 1.75 bits per heavy atom. The first kappa shape index (κ1) is 21.2. The normalized spacial score (nSPS) is 10.6. The van der Waals surface area contributed by atoms with Gasteiger partial charge in [-0.15, -0.1) is 0 Å². The summed E-state index contributed by atoms with van der Waals surface area (Å²) in [5.41, 5.74) is 1.32. The molecule has 0 saturated heterocycles. The number of rotatable bonds is 7. The van der Waals surface area contributed by atoms with E-state index in [4.69, 9.17) is 20.8 Å². The zero-order chi connectivity index (χ0) is 22.5. The standard InChI is InChI=1S/C23H19ClN4O4/c1-28-11-10-20(27-28)22(29)25-16-5-3-6-17(13-16)26-23(30)21-9-8-19(32-21)14-31-18-7-2-4-15(24)12-18/h2-13H,14H2,1H3,(H,25,29)(H,26,30). The number of carbonyl (C=O) groups is 2. The third-order valence-corrected chi connectivity index (χ3v) is 4.62. The highest BCUT2D eigenvalue weighted by molar-refractivity contribution is 6.30. The smallest absolute Gasteiger partial charge is 0.291 e. The van der Waals surface area contributed by atoms with Gasteiger partial charge in [0.05, 0.1) is 0 Å². The Balaban J connectivity index is 1.35. The summed E-state index contributed by atoms with van der Waals surface area (Å²) in [6, 6.07) is 18.7. The van der Waals surface area contributed by atoms with E-state index in [-0.39, 0.29) is 18.3 Å². The Morgan fingerprint density at radius 1 is 1.00 bits per heavy atom. The highest BCUT2D eigenvalue weighted by Gasteiger charge is 2.13. The van der Waals surface area contributed by atoms with Crippen molar-refractivity contribution >= 4 is 34.8 Å². The van der Waals surface area contributed by atoms with E-state index >= 15 is 0 Å². The van der Waals surface area contributed by atoms with Gasteiger partial charge in [0, 0.05) is 29.6 Å². The van der Waals surface area contributed by atoms with Gasteiger partial charge in [-0.05, 0) is 54.6 Å². The molecule has 0 aliphatic rings. The zero-order valence-electron chi connectivity index (χ0n) is 17.0. The third-order valence-electron chi connectivity index (χ3n) is 4.39. The number of nitrogens with zero attached hydrogens (tertiary/aromatic N) is 2. The fraction of sp³-hybridized carbons (Fsp3) is 0.0870. The molecule has 2 amide bonds. The van der Waals surface area contributed by atoms with Gasteiger partial charge in [-0.1, -0.05) is 23.7 Å². The van der Waals surface area contributed by atoms with Crippen molar-refractivity contribution in [1.82, 2.24) is 9.78 Å². The molecule has 0 saturated carbocycles. The fourth-order valence-electron chi connectivity index (χ4n) is 2.89. The minimum absolute atomic E-state index is 0.137. The number of anilines is 2. The Hall–Kier alpha value is -4.04. The summed E-state index contributed by atoms with van der Waals surface area (Å²) in [5.74, 6) is 0.463. The summed E-state index contributed by atoms with van der Waals surface area (Å²) in [6.45, 7) is 0.155. The van der Waals surface area contributed by atoms with Crippen LogP contribution in [0.25, 0.3) is 0 Å². The van der Waals surface area contributed by atoms with Gasteiger partial charge in [0.25, 0.3) is 11.8 Å². The van der Waals surface area contributed by atoms with E-state index in [1.54, 1.807) is 84.7 Å². The van der Waals surface area contributed by atoms with Gasteiger partial charge in [0.2, 0.25) is 0 Å². The molecule has 0 bridgehead atoms. The number of aromatic nitrogens is 2. The summed E-state index contributed by atoms with van der Waals surface area (Å²) in [6.07, 6.45) is 1.68. The highest BCUT2D eigenvalue weighted by Crippen LogP contribution is 2.20. The van der Waals surface area contributed by atoms with Gasteiger partial charge in [-0.25, -0.2) is 0 Å². The van der Waals surface area contributed by atoms with Crippen LogP contribution in [-0.4, -0.2) is 21.6 Å². The van der Waals surface area contributed by atoms with Crippen LogP contribution in [0.1, 0.15) is 26.8 Å². The van der Waals surface area contributed by atoms with E-state index in [1.807, 2.05) is 0 Å². The van der Waals surface area contributed by atoms with Gasteiger partial charge in [-0.3, -0.25) is 14.3 Å². The largest absolute Gasteiger partial charge is 0.486 e. The number of halogens is 1. The van der Waals surface area contributed by atoms with Crippen LogP contribution in [0.5, 0.6) is 5.75 Å². The summed E-state index contributed by atoms with van der Waals surface area (Å²) < 4.78 is 12.7. The fourth-order valence-corrected chi connectivity index (χ4v) is 3.07. The first-order chi connectivity index (χ1) is 15.5. The van der Waals surface area contributed by atoms with Crippen molar-refractivity contribution in [2.24, 2.45) is 7.05 Å². The summed E-state index contributed by atoms with van der Waals surface area (Å²) in [4.78, 5) is 24.8. The number of nitrogens with one attached hydrogen (secondary N) is 2. The van der Waals surface area contributed by atoms with E-state index in [9.17, 15) is 9.59 Å². The molecule has 2 aromatic carbocycles. The number of benzene rings is 2. The minimum Gasteiger partial charge on any atom is -0.486 e. The second-order valence-corrected chi connectivity index (χ2v) is 7.31. The van der Waals surface area contributed by atoms with Gasteiger partial charge >= 0.3 is 0 Å². The molecule has 0 fully saturated rings. The number of ether oxygens (including phenoxy) is 1. The Labute approximate surface area is 188 Å². The maximum atomic E-state index is 12.5. The molecule has 0 aliphatic heterocycles. The monoisotopic (exact) mass is 450 g/mol. The van der Waals surface area contributed by atoms with Crippen molar-refractivity contribution in [2.45, 2.75) is 6.61 Å². The SMILES string of the molecule is Cn1ccc(C(=O)Nc2cccc(NC(=O)c3ccc(COc4cccc(Cl)c4)o3)c2)n1. The molecule has 9 heteroatoms. The lowest BCUT2D eigenvalue weighted by Crippen LogP contribution is -2.14. The van der Waals surface area contributed by atoms with Crippen LogP contribution < -0.4 is 15.4 Å².